The van der Waals surface area contributed by atoms with Crippen molar-refractivity contribution in [3.8, 4) is 0 Å². The first-order chi connectivity index (χ1) is 10.4. The van der Waals surface area contributed by atoms with E-state index in [-0.39, 0.29) is 6.54 Å². The van der Waals surface area contributed by atoms with Gasteiger partial charge >= 0.3 is 5.97 Å². The largest absolute Gasteiger partial charge is 0.441 e. The van der Waals surface area contributed by atoms with E-state index in [0.717, 1.165) is 12.8 Å². The molecular weight excluding hydrogens is 280 g/mol. The Balaban J connectivity index is 3.64. The first kappa shape index (κ1) is 21.4. The molecule has 2 unspecified atom stereocenters. The summed E-state index contributed by atoms with van der Waals surface area (Å²) in [6.07, 6.45) is 11.7. The van der Waals surface area contributed by atoms with Crippen LogP contribution in [-0.2, 0) is 9.53 Å². The van der Waals surface area contributed by atoms with Crippen LogP contribution in [0.4, 0.5) is 0 Å². The Labute approximate surface area is 135 Å². The molecule has 0 aromatic rings. The first-order valence-corrected chi connectivity index (χ1v) is 8.85. The smallest absolute Gasteiger partial charge is 0.336 e. The predicted octanol–water partition coefficient (Wildman–Crippen LogP) is 2.84. The lowest BCUT2D eigenvalue weighted by Gasteiger charge is -2.28. The molecule has 5 heteroatoms. The summed E-state index contributed by atoms with van der Waals surface area (Å²) < 4.78 is 5.10. The third-order valence-electron chi connectivity index (χ3n) is 3.94. The van der Waals surface area contributed by atoms with Gasteiger partial charge in [0.1, 0.15) is 6.10 Å². The van der Waals surface area contributed by atoms with Gasteiger partial charge in [0, 0.05) is 13.0 Å². The Morgan fingerprint density at radius 3 is 1.91 bits per heavy atom. The fourth-order valence-electron chi connectivity index (χ4n) is 2.39. The lowest BCUT2D eigenvalue weighted by atomic mass is 10.0. The highest BCUT2D eigenvalue weighted by Gasteiger charge is 2.29. The molecule has 0 fully saturated rings. The van der Waals surface area contributed by atoms with E-state index >= 15 is 0 Å². The van der Waals surface area contributed by atoms with Gasteiger partial charge in [-0.2, -0.15) is 0 Å². The summed E-state index contributed by atoms with van der Waals surface area (Å²) in [5.74, 6) is -0.708. The number of aliphatic hydroxyl groups excluding tert-OH is 1. The molecule has 5 N–H and O–H groups in total. The van der Waals surface area contributed by atoms with Crippen LogP contribution in [0, 0.1) is 0 Å². The van der Waals surface area contributed by atoms with E-state index in [1.807, 2.05) is 0 Å². The molecule has 0 spiro atoms. The molecule has 0 aromatic heterocycles. The van der Waals surface area contributed by atoms with Crippen LogP contribution in [0.1, 0.15) is 84.5 Å². The van der Waals surface area contributed by atoms with Crippen molar-refractivity contribution >= 4 is 5.97 Å². The molecule has 0 heterocycles. The molecule has 0 radical (unpaired) electrons. The average Bonchev–Trinajstić information content (AvgIpc) is 2.49. The van der Waals surface area contributed by atoms with E-state index in [1.165, 1.54) is 58.3 Å². The lowest BCUT2D eigenvalue weighted by molar-refractivity contribution is -0.168. The van der Waals surface area contributed by atoms with Crippen LogP contribution < -0.4 is 11.5 Å². The summed E-state index contributed by atoms with van der Waals surface area (Å²) in [5.41, 5.74) is 10.4. The number of aliphatic hydroxyl groups is 1. The minimum Gasteiger partial charge on any atom is -0.441 e. The molecular formula is C17H36N2O3. The second-order valence-corrected chi connectivity index (χ2v) is 6.30. The molecule has 0 aromatic carbocycles. The van der Waals surface area contributed by atoms with Crippen LogP contribution in [0.2, 0.25) is 0 Å². The molecule has 0 aliphatic rings. The van der Waals surface area contributed by atoms with Crippen LogP contribution in [0.15, 0.2) is 0 Å². The van der Waals surface area contributed by atoms with Crippen molar-refractivity contribution in [1.29, 1.82) is 0 Å². The molecule has 0 aliphatic heterocycles. The average molecular weight is 316 g/mol. The highest BCUT2D eigenvalue weighted by molar-refractivity contribution is 5.74. The zero-order valence-electron chi connectivity index (χ0n) is 14.5. The fraction of sp³-hybridized carbons (Fsp3) is 0.941. The summed E-state index contributed by atoms with van der Waals surface area (Å²) in [6.45, 7) is 3.67. The highest BCUT2D eigenvalue weighted by Crippen LogP contribution is 2.16. The summed E-state index contributed by atoms with van der Waals surface area (Å²) in [4.78, 5) is 11.4. The Kier molecular flexibility index (Phi) is 12.5. The van der Waals surface area contributed by atoms with Gasteiger partial charge in [0.15, 0.2) is 5.72 Å². The summed E-state index contributed by atoms with van der Waals surface area (Å²) in [7, 11) is 0. The van der Waals surface area contributed by atoms with Crippen molar-refractivity contribution in [2.24, 2.45) is 11.5 Å². The predicted molar refractivity (Wildman–Crippen MR) is 90.2 cm³/mol. The molecule has 22 heavy (non-hydrogen) atoms. The van der Waals surface area contributed by atoms with Gasteiger partial charge in [-0.1, -0.05) is 64.7 Å². The topological polar surface area (TPSA) is 98.6 Å². The van der Waals surface area contributed by atoms with Crippen LogP contribution >= 0.6 is 0 Å². The van der Waals surface area contributed by atoms with Crippen LogP contribution in [0.5, 0.6) is 0 Å². The van der Waals surface area contributed by atoms with Crippen LogP contribution in [0.3, 0.4) is 0 Å². The zero-order chi connectivity index (χ0) is 16.8. The molecule has 0 bridgehead atoms. The van der Waals surface area contributed by atoms with Gasteiger partial charge < -0.3 is 15.6 Å². The third-order valence-corrected chi connectivity index (χ3v) is 3.94. The number of rotatable bonds is 14. The van der Waals surface area contributed by atoms with Crippen molar-refractivity contribution < 1.29 is 14.6 Å². The Morgan fingerprint density at radius 1 is 1.05 bits per heavy atom. The maximum absolute atomic E-state index is 11.4. The summed E-state index contributed by atoms with van der Waals surface area (Å²) in [6, 6.07) is 0. The number of carbonyl (C=O) groups is 1. The highest BCUT2D eigenvalue weighted by atomic mass is 16.6. The van der Waals surface area contributed by atoms with Crippen LogP contribution in [-0.4, -0.2) is 29.4 Å². The van der Waals surface area contributed by atoms with Gasteiger partial charge in [0.05, 0.1) is 0 Å². The van der Waals surface area contributed by atoms with Crippen molar-refractivity contribution in [3.05, 3.63) is 0 Å². The molecule has 0 aliphatic carbocycles. The standard InChI is InChI=1S/C17H36N2O3/c1-3-4-5-6-7-8-9-10-11-12-13-17(19,14-18)22-16(21)15(2)20/h15,20H,3-14,18-19H2,1-2H3. The van der Waals surface area contributed by atoms with Gasteiger partial charge in [-0.3, -0.25) is 5.73 Å². The molecule has 0 rings (SSSR count). The number of nitrogens with two attached hydrogens (primary N) is 2. The van der Waals surface area contributed by atoms with Gasteiger partial charge in [0.25, 0.3) is 0 Å². The molecule has 0 saturated heterocycles. The molecule has 132 valence electrons. The Bertz CT molecular complexity index is 285. The van der Waals surface area contributed by atoms with Crippen molar-refractivity contribution in [2.45, 2.75) is 96.3 Å². The Hall–Kier alpha value is -0.650. The van der Waals surface area contributed by atoms with Crippen molar-refractivity contribution in [2.75, 3.05) is 6.54 Å². The van der Waals surface area contributed by atoms with Gasteiger partial charge in [-0.05, 0) is 13.3 Å². The van der Waals surface area contributed by atoms with E-state index in [2.05, 4.69) is 6.92 Å². The van der Waals surface area contributed by atoms with E-state index in [4.69, 9.17) is 21.3 Å². The molecule has 0 saturated carbocycles. The number of hydrogen-bond acceptors (Lipinski definition) is 5. The number of hydrogen-bond donors (Lipinski definition) is 3. The zero-order valence-corrected chi connectivity index (χ0v) is 14.5. The third kappa shape index (κ3) is 11.0. The normalized spacial score (nSPS) is 15.3. The van der Waals surface area contributed by atoms with Gasteiger partial charge in [0.2, 0.25) is 0 Å². The molecule has 0 amide bonds. The Morgan fingerprint density at radius 2 is 1.50 bits per heavy atom. The number of carbonyl (C=O) groups excluding carboxylic acids is 1. The minimum absolute atomic E-state index is 0.0723. The SMILES string of the molecule is CCCCCCCCCCCCC(N)(CN)OC(=O)C(C)O. The van der Waals surface area contributed by atoms with E-state index in [1.54, 1.807) is 0 Å². The quantitative estimate of drug-likeness (QED) is 0.260. The first-order valence-electron chi connectivity index (χ1n) is 8.85. The van der Waals surface area contributed by atoms with Gasteiger partial charge in [-0.25, -0.2) is 4.79 Å². The number of unbranched alkanes of at least 4 members (excludes halogenated alkanes) is 9. The fourth-order valence-corrected chi connectivity index (χ4v) is 2.39. The molecule has 2 atom stereocenters. The minimum atomic E-state index is -1.16. The number of ether oxygens (including phenoxy) is 1. The summed E-state index contributed by atoms with van der Waals surface area (Å²) >= 11 is 0. The van der Waals surface area contributed by atoms with Crippen molar-refractivity contribution in [3.63, 3.8) is 0 Å². The van der Waals surface area contributed by atoms with E-state index < -0.39 is 17.8 Å². The molecule has 5 nitrogen and oxygen atoms in total. The van der Waals surface area contributed by atoms with Gasteiger partial charge in [-0.15, -0.1) is 0 Å². The monoisotopic (exact) mass is 316 g/mol. The number of esters is 1. The maximum Gasteiger partial charge on any atom is 0.336 e. The van der Waals surface area contributed by atoms with E-state index in [9.17, 15) is 4.79 Å². The maximum atomic E-state index is 11.4. The van der Waals surface area contributed by atoms with E-state index in [0.29, 0.717) is 6.42 Å². The second-order valence-electron chi connectivity index (χ2n) is 6.30. The second kappa shape index (κ2) is 12.9. The van der Waals surface area contributed by atoms with Crippen LogP contribution in [0.25, 0.3) is 0 Å². The summed E-state index contributed by atoms with van der Waals surface area (Å²) in [5, 5.41) is 9.15. The lowest BCUT2D eigenvalue weighted by Crippen LogP contribution is -2.52. The van der Waals surface area contributed by atoms with Crippen molar-refractivity contribution in [1.82, 2.24) is 0 Å².